The Labute approximate surface area is 128 Å². The Morgan fingerprint density at radius 3 is 2.76 bits per heavy atom. The average molecular weight is 304 g/mol. The van der Waals surface area contributed by atoms with Gasteiger partial charge in [0, 0.05) is 36.4 Å². The van der Waals surface area contributed by atoms with Crippen molar-refractivity contribution in [1.82, 2.24) is 14.3 Å². The zero-order valence-electron chi connectivity index (χ0n) is 11.9. The molecule has 1 atom stereocenters. The van der Waals surface area contributed by atoms with Crippen LogP contribution in [0.25, 0.3) is 0 Å². The highest BCUT2D eigenvalue weighted by molar-refractivity contribution is 7.09. The fourth-order valence-corrected chi connectivity index (χ4v) is 3.37. The van der Waals surface area contributed by atoms with Crippen LogP contribution >= 0.6 is 11.5 Å². The summed E-state index contributed by atoms with van der Waals surface area (Å²) in [5.41, 5.74) is 0.856. The van der Waals surface area contributed by atoms with Crippen LogP contribution in [0.5, 0.6) is 0 Å². The SMILES string of the molecule is OC(CNc1nc(C2CCCCC2)ns1)c1ccncc1. The number of hydrogen-bond acceptors (Lipinski definition) is 6. The lowest BCUT2D eigenvalue weighted by Crippen LogP contribution is -2.12. The van der Waals surface area contributed by atoms with Gasteiger partial charge in [-0.1, -0.05) is 19.3 Å². The molecule has 3 rings (SSSR count). The van der Waals surface area contributed by atoms with Gasteiger partial charge >= 0.3 is 0 Å². The molecule has 0 aromatic carbocycles. The maximum Gasteiger partial charge on any atom is 0.202 e. The van der Waals surface area contributed by atoms with Gasteiger partial charge in [-0.05, 0) is 30.5 Å². The van der Waals surface area contributed by atoms with Crippen molar-refractivity contribution >= 4 is 16.7 Å². The summed E-state index contributed by atoms with van der Waals surface area (Å²) >= 11 is 1.38. The van der Waals surface area contributed by atoms with Crippen LogP contribution in [0.1, 0.15) is 55.5 Å². The summed E-state index contributed by atoms with van der Waals surface area (Å²) in [5, 5.41) is 14.1. The summed E-state index contributed by atoms with van der Waals surface area (Å²) in [4.78, 5) is 8.52. The predicted octanol–water partition coefficient (Wildman–Crippen LogP) is 3.13. The lowest BCUT2D eigenvalue weighted by Gasteiger charge is -2.18. The highest BCUT2D eigenvalue weighted by atomic mass is 32.1. The predicted molar refractivity (Wildman–Crippen MR) is 83.4 cm³/mol. The van der Waals surface area contributed by atoms with Crippen LogP contribution in [-0.4, -0.2) is 26.0 Å². The lowest BCUT2D eigenvalue weighted by atomic mass is 9.89. The molecule has 1 unspecified atom stereocenters. The quantitative estimate of drug-likeness (QED) is 0.888. The topological polar surface area (TPSA) is 70.9 Å². The van der Waals surface area contributed by atoms with E-state index in [1.165, 1.54) is 43.6 Å². The second kappa shape index (κ2) is 6.95. The monoisotopic (exact) mass is 304 g/mol. The summed E-state index contributed by atoms with van der Waals surface area (Å²) < 4.78 is 4.47. The second-order valence-corrected chi connectivity index (χ2v) is 6.22. The Bertz CT molecular complexity index is 554. The van der Waals surface area contributed by atoms with Crippen molar-refractivity contribution in [3.8, 4) is 0 Å². The smallest absolute Gasteiger partial charge is 0.202 e. The van der Waals surface area contributed by atoms with E-state index in [4.69, 9.17) is 0 Å². The van der Waals surface area contributed by atoms with Gasteiger partial charge in [-0.25, -0.2) is 4.98 Å². The summed E-state index contributed by atoms with van der Waals surface area (Å²) in [6.07, 6.45) is 9.13. The third-order valence-electron chi connectivity index (χ3n) is 3.95. The minimum atomic E-state index is -0.560. The number of hydrogen-bond donors (Lipinski definition) is 2. The summed E-state index contributed by atoms with van der Waals surface area (Å²) in [6.45, 7) is 0.434. The third kappa shape index (κ3) is 3.77. The van der Waals surface area contributed by atoms with Crippen LogP contribution < -0.4 is 5.32 Å². The molecule has 2 heterocycles. The number of nitrogens with zero attached hydrogens (tertiary/aromatic N) is 3. The van der Waals surface area contributed by atoms with E-state index >= 15 is 0 Å². The minimum Gasteiger partial charge on any atom is -0.387 e. The first kappa shape index (κ1) is 14.4. The zero-order chi connectivity index (χ0) is 14.5. The Hall–Kier alpha value is -1.53. The molecular weight excluding hydrogens is 284 g/mol. The number of rotatable bonds is 5. The molecule has 0 spiro atoms. The fourth-order valence-electron chi connectivity index (χ4n) is 2.72. The Morgan fingerprint density at radius 2 is 2.00 bits per heavy atom. The van der Waals surface area contributed by atoms with E-state index < -0.39 is 6.10 Å². The fraction of sp³-hybridized carbons (Fsp3) is 0.533. The van der Waals surface area contributed by atoms with Crippen molar-refractivity contribution in [2.24, 2.45) is 0 Å². The standard InChI is InChI=1S/C15H20N4OS/c20-13(11-6-8-16-9-7-11)10-17-15-18-14(19-21-15)12-4-2-1-3-5-12/h6-9,12-13,20H,1-5,10H2,(H,17,18,19). The van der Waals surface area contributed by atoms with Crippen LogP contribution in [0.4, 0.5) is 5.13 Å². The van der Waals surface area contributed by atoms with E-state index in [9.17, 15) is 5.11 Å². The van der Waals surface area contributed by atoms with Crippen molar-refractivity contribution in [1.29, 1.82) is 0 Å². The molecule has 0 amide bonds. The molecule has 2 aromatic heterocycles. The number of aliphatic hydroxyl groups is 1. The van der Waals surface area contributed by atoms with Gasteiger partial charge in [-0.2, -0.15) is 4.37 Å². The van der Waals surface area contributed by atoms with E-state index in [0.717, 1.165) is 16.5 Å². The summed E-state index contributed by atoms with van der Waals surface area (Å²) in [6, 6.07) is 3.64. The Kier molecular flexibility index (Phi) is 4.77. The van der Waals surface area contributed by atoms with E-state index in [2.05, 4.69) is 19.7 Å². The van der Waals surface area contributed by atoms with E-state index in [1.54, 1.807) is 12.4 Å². The molecule has 2 aromatic rings. The number of aromatic nitrogens is 3. The molecule has 0 aliphatic heterocycles. The maximum absolute atomic E-state index is 10.1. The first-order chi connectivity index (χ1) is 10.3. The molecule has 112 valence electrons. The van der Waals surface area contributed by atoms with E-state index in [-0.39, 0.29) is 0 Å². The molecule has 21 heavy (non-hydrogen) atoms. The largest absolute Gasteiger partial charge is 0.387 e. The van der Waals surface area contributed by atoms with Crippen LogP contribution in [0.3, 0.4) is 0 Å². The Balaban J connectivity index is 1.55. The van der Waals surface area contributed by atoms with Crippen LogP contribution in [-0.2, 0) is 0 Å². The third-order valence-corrected chi connectivity index (χ3v) is 4.64. The highest BCUT2D eigenvalue weighted by Gasteiger charge is 2.20. The normalized spacial score (nSPS) is 17.6. The van der Waals surface area contributed by atoms with Gasteiger partial charge in [0.05, 0.1) is 6.10 Å². The number of anilines is 1. The molecule has 0 bridgehead atoms. The van der Waals surface area contributed by atoms with Gasteiger partial charge in [0.1, 0.15) is 5.82 Å². The summed E-state index contributed by atoms with van der Waals surface area (Å²) in [5.74, 6) is 1.50. The highest BCUT2D eigenvalue weighted by Crippen LogP contribution is 2.32. The van der Waals surface area contributed by atoms with Crippen molar-refractivity contribution in [2.45, 2.75) is 44.1 Å². The first-order valence-electron chi connectivity index (χ1n) is 7.48. The molecule has 1 aliphatic carbocycles. The van der Waals surface area contributed by atoms with E-state index in [0.29, 0.717) is 12.5 Å². The van der Waals surface area contributed by atoms with Crippen molar-refractivity contribution in [3.63, 3.8) is 0 Å². The van der Waals surface area contributed by atoms with Gasteiger partial charge < -0.3 is 10.4 Å². The molecule has 1 fully saturated rings. The molecule has 1 aliphatic rings. The van der Waals surface area contributed by atoms with Gasteiger partial charge in [-0.3, -0.25) is 4.98 Å². The molecule has 0 radical (unpaired) electrons. The Morgan fingerprint density at radius 1 is 1.24 bits per heavy atom. The van der Waals surface area contributed by atoms with Gasteiger partial charge in [0.15, 0.2) is 0 Å². The van der Waals surface area contributed by atoms with Crippen molar-refractivity contribution < 1.29 is 5.11 Å². The first-order valence-corrected chi connectivity index (χ1v) is 8.26. The zero-order valence-corrected chi connectivity index (χ0v) is 12.7. The number of pyridine rings is 1. The molecular formula is C15H20N4OS. The molecule has 0 saturated heterocycles. The minimum absolute atomic E-state index is 0.434. The number of nitrogens with one attached hydrogen (secondary N) is 1. The molecule has 5 nitrogen and oxygen atoms in total. The van der Waals surface area contributed by atoms with E-state index in [1.807, 2.05) is 12.1 Å². The van der Waals surface area contributed by atoms with Gasteiger partial charge in [0.2, 0.25) is 5.13 Å². The van der Waals surface area contributed by atoms with Crippen molar-refractivity contribution in [3.05, 3.63) is 35.9 Å². The maximum atomic E-state index is 10.1. The molecule has 6 heteroatoms. The average Bonchev–Trinajstić information content (AvgIpc) is 3.03. The summed E-state index contributed by atoms with van der Waals surface area (Å²) in [7, 11) is 0. The lowest BCUT2D eigenvalue weighted by molar-refractivity contribution is 0.191. The second-order valence-electron chi connectivity index (χ2n) is 5.47. The number of aliphatic hydroxyl groups excluding tert-OH is 1. The molecule has 1 saturated carbocycles. The van der Waals surface area contributed by atoms with Crippen LogP contribution in [0, 0.1) is 0 Å². The molecule has 2 N–H and O–H groups in total. The van der Waals surface area contributed by atoms with Crippen LogP contribution in [0.2, 0.25) is 0 Å². The van der Waals surface area contributed by atoms with Gasteiger partial charge in [-0.15, -0.1) is 0 Å². The van der Waals surface area contributed by atoms with Crippen LogP contribution in [0.15, 0.2) is 24.5 Å². The van der Waals surface area contributed by atoms with Crippen molar-refractivity contribution in [2.75, 3.05) is 11.9 Å². The van der Waals surface area contributed by atoms with Gasteiger partial charge in [0.25, 0.3) is 0 Å².